The zero-order chi connectivity index (χ0) is 24.8. The number of pyridine rings is 1. The molecule has 2 aromatic carbocycles. The van der Waals surface area contributed by atoms with Crippen LogP contribution in [0, 0.1) is 12.8 Å². The summed E-state index contributed by atoms with van der Waals surface area (Å²) in [4.78, 5) is 24.8. The molecule has 0 amide bonds. The molecule has 33 heavy (non-hydrogen) atoms. The molecule has 0 aliphatic heterocycles. The highest BCUT2D eigenvalue weighted by Gasteiger charge is 2.38. The Morgan fingerprint density at radius 2 is 1.61 bits per heavy atom. The molecule has 0 saturated carbocycles. The smallest absolute Gasteiger partial charge is 0.478 e. The van der Waals surface area contributed by atoms with Crippen LogP contribution in [0.5, 0.6) is 0 Å². The second kappa shape index (κ2) is 10.8. The number of aromatic carboxylic acids is 1. The molecule has 3 rings (SSSR count). The number of carboxylic acids is 2. The van der Waals surface area contributed by atoms with Gasteiger partial charge in [0.25, 0.3) is 0 Å². The van der Waals surface area contributed by atoms with Crippen LogP contribution >= 0.6 is 0 Å². The predicted molar refractivity (Wildman–Crippen MR) is 119 cm³/mol. The minimum Gasteiger partial charge on any atom is -0.478 e. The maximum Gasteiger partial charge on any atom is 0.490 e. The molecule has 1 unspecified atom stereocenters. The predicted octanol–water partition coefficient (Wildman–Crippen LogP) is 6.07. The Bertz CT molecular complexity index is 1110. The minimum absolute atomic E-state index is 0.0743. The van der Waals surface area contributed by atoms with Crippen molar-refractivity contribution >= 4 is 28.7 Å². The molecular weight excluding hydrogens is 437 g/mol. The fraction of sp³-hybridized carbons (Fsp3) is 0.292. The Hall–Kier alpha value is -3.62. The van der Waals surface area contributed by atoms with Gasteiger partial charge in [0, 0.05) is 5.39 Å². The van der Waals surface area contributed by atoms with E-state index in [4.69, 9.17) is 20.0 Å². The van der Waals surface area contributed by atoms with Gasteiger partial charge in [0.2, 0.25) is 0 Å². The van der Waals surface area contributed by atoms with Crippen LogP contribution in [0.1, 0.15) is 47.8 Å². The van der Waals surface area contributed by atoms with E-state index in [0.29, 0.717) is 11.5 Å². The number of aryl methyl sites for hydroxylation is 1. The zero-order valence-corrected chi connectivity index (χ0v) is 18.3. The molecule has 3 N–H and O–H groups in total. The number of nitrogens with one attached hydrogen (secondary N) is 1. The summed E-state index contributed by atoms with van der Waals surface area (Å²) in [7, 11) is 0. The number of benzene rings is 2. The normalized spacial score (nSPS) is 12.1. The highest BCUT2D eigenvalue weighted by Crippen LogP contribution is 2.28. The molecule has 0 aliphatic carbocycles. The molecule has 0 aliphatic rings. The zero-order valence-electron chi connectivity index (χ0n) is 18.3. The van der Waals surface area contributed by atoms with Crippen molar-refractivity contribution in [2.75, 3.05) is 5.32 Å². The Morgan fingerprint density at radius 3 is 2.12 bits per heavy atom. The van der Waals surface area contributed by atoms with E-state index in [1.165, 1.54) is 0 Å². The lowest BCUT2D eigenvalue weighted by Gasteiger charge is -2.23. The highest BCUT2D eigenvalue weighted by atomic mass is 19.4. The van der Waals surface area contributed by atoms with Crippen molar-refractivity contribution in [3.05, 3.63) is 71.3 Å². The van der Waals surface area contributed by atoms with Gasteiger partial charge in [-0.05, 0) is 54.7 Å². The fourth-order valence-electron chi connectivity index (χ4n) is 3.14. The van der Waals surface area contributed by atoms with Crippen molar-refractivity contribution in [2.45, 2.75) is 39.4 Å². The number of hydrogen-bond donors (Lipinski definition) is 3. The number of carbonyl (C=O) groups is 2. The van der Waals surface area contributed by atoms with E-state index in [9.17, 15) is 18.0 Å². The van der Waals surface area contributed by atoms with E-state index in [2.05, 4.69) is 38.2 Å². The number of aromatic nitrogens is 1. The second-order valence-electron chi connectivity index (χ2n) is 7.90. The van der Waals surface area contributed by atoms with Crippen LogP contribution in [0.15, 0.2) is 54.6 Å². The van der Waals surface area contributed by atoms with Gasteiger partial charge in [-0.2, -0.15) is 13.2 Å². The molecule has 0 bridgehead atoms. The van der Waals surface area contributed by atoms with Gasteiger partial charge in [-0.25, -0.2) is 14.6 Å². The van der Waals surface area contributed by atoms with E-state index in [1.807, 2.05) is 30.3 Å². The third-order valence-electron chi connectivity index (χ3n) is 4.74. The third kappa shape index (κ3) is 7.48. The van der Waals surface area contributed by atoms with Gasteiger partial charge in [-0.1, -0.05) is 44.2 Å². The molecule has 6 nitrogen and oxygen atoms in total. The van der Waals surface area contributed by atoms with Crippen LogP contribution in [0.3, 0.4) is 0 Å². The van der Waals surface area contributed by atoms with Crippen molar-refractivity contribution in [2.24, 2.45) is 5.92 Å². The fourth-order valence-corrected chi connectivity index (χ4v) is 3.14. The molecule has 0 spiro atoms. The number of fused-ring (bicyclic) bond motifs is 1. The van der Waals surface area contributed by atoms with Gasteiger partial charge in [-0.3, -0.25) is 0 Å². The van der Waals surface area contributed by atoms with Crippen molar-refractivity contribution in [1.82, 2.24) is 4.98 Å². The average molecular weight is 462 g/mol. The first-order valence-electron chi connectivity index (χ1n) is 10.1. The monoisotopic (exact) mass is 462 g/mol. The summed E-state index contributed by atoms with van der Waals surface area (Å²) in [6.07, 6.45) is -4.15. The Morgan fingerprint density at radius 1 is 1.03 bits per heavy atom. The number of para-hydroxylation sites is 1. The first kappa shape index (κ1) is 25.6. The molecule has 176 valence electrons. The van der Waals surface area contributed by atoms with E-state index >= 15 is 0 Å². The van der Waals surface area contributed by atoms with Crippen LogP contribution in [0.25, 0.3) is 10.9 Å². The summed E-state index contributed by atoms with van der Waals surface area (Å²) >= 11 is 0. The van der Waals surface area contributed by atoms with Gasteiger partial charge in [0.15, 0.2) is 0 Å². The van der Waals surface area contributed by atoms with Crippen LogP contribution in [0.4, 0.5) is 19.0 Å². The standard InChI is InChI=1S/C22H24N2O2.C2HF3O2/c1-14(2)12-20(16-8-10-17(11-9-16)22(25)26)24-21-15(3)13-18-6-4-5-7-19(18)23-21;3-2(4,5)1(6)7/h4-11,13-14,20H,12H2,1-3H3,(H,23,24)(H,25,26);(H,6,7). The Kier molecular flexibility index (Phi) is 8.39. The summed E-state index contributed by atoms with van der Waals surface area (Å²) in [5.74, 6) is -2.30. The molecule has 0 radical (unpaired) electrons. The summed E-state index contributed by atoms with van der Waals surface area (Å²) in [5, 5.41) is 20.9. The van der Waals surface area contributed by atoms with Gasteiger partial charge in [0.1, 0.15) is 5.82 Å². The highest BCUT2D eigenvalue weighted by molar-refractivity contribution is 5.87. The molecule has 9 heteroatoms. The number of alkyl halides is 3. The van der Waals surface area contributed by atoms with Crippen LogP contribution < -0.4 is 5.32 Å². The number of hydrogen-bond acceptors (Lipinski definition) is 4. The summed E-state index contributed by atoms with van der Waals surface area (Å²) < 4.78 is 31.7. The van der Waals surface area contributed by atoms with Gasteiger partial charge < -0.3 is 15.5 Å². The number of aliphatic carboxylic acids is 1. The van der Waals surface area contributed by atoms with Gasteiger partial charge >= 0.3 is 18.1 Å². The average Bonchev–Trinajstić information content (AvgIpc) is 2.73. The quantitative estimate of drug-likeness (QED) is 0.411. The number of anilines is 1. The molecular formula is C24H25F3N2O4. The third-order valence-corrected chi connectivity index (χ3v) is 4.74. The maximum atomic E-state index is 11.1. The Balaban J connectivity index is 0.000000479. The van der Waals surface area contributed by atoms with Crippen LogP contribution in [-0.4, -0.2) is 33.3 Å². The lowest BCUT2D eigenvalue weighted by Crippen LogP contribution is -2.21. The molecule has 1 atom stereocenters. The maximum absolute atomic E-state index is 11.1. The number of halogens is 3. The van der Waals surface area contributed by atoms with Crippen molar-refractivity contribution in [3.8, 4) is 0 Å². The largest absolute Gasteiger partial charge is 0.490 e. The van der Waals surface area contributed by atoms with Crippen LogP contribution in [0.2, 0.25) is 0 Å². The summed E-state index contributed by atoms with van der Waals surface area (Å²) in [6, 6.07) is 17.4. The van der Waals surface area contributed by atoms with Gasteiger partial charge in [0.05, 0.1) is 17.1 Å². The van der Waals surface area contributed by atoms with E-state index in [0.717, 1.165) is 34.3 Å². The summed E-state index contributed by atoms with van der Waals surface area (Å²) in [6.45, 7) is 6.42. The minimum atomic E-state index is -5.08. The number of carboxylic acid groups (broad SMARTS) is 2. The molecule has 1 aromatic heterocycles. The number of nitrogens with zero attached hydrogens (tertiary/aromatic N) is 1. The van der Waals surface area contributed by atoms with Crippen molar-refractivity contribution in [1.29, 1.82) is 0 Å². The topological polar surface area (TPSA) is 99.5 Å². The SMILES string of the molecule is Cc1cc2ccccc2nc1NC(CC(C)C)c1ccc(C(=O)O)cc1.O=C(O)C(F)(F)F. The van der Waals surface area contributed by atoms with E-state index in [1.54, 1.807) is 12.1 Å². The first-order chi connectivity index (χ1) is 15.4. The second-order valence-corrected chi connectivity index (χ2v) is 7.90. The first-order valence-corrected chi connectivity index (χ1v) is 10.1. The van der Waals surface area contributed by atoms with E-state index in [-0.39, 0.29) is 6.04 Å². The molecule has 0 fully saturated rings. The lowest BCUT2D eigenvalue weighted by molar-refractivity contribution is -0.192. The molecule has 1 heterocycles. The number of rotatable bonds is 6. The Labute approximate surface area is 189 Å². The summed E-state index contributed by atoms with van der Waals surface area (Å²) in [5.41, 5.74) is 3.43. The van der Waals surface area contributed by atoms with Crippen molar-refractivity contribution < 1.29 is 33.0 Å². The molecule has 0 saturated heterocycles. The van der Waals surface area contributed by atoms with Crippen molar-refractivity contribution in [3.63, 3.8) is 0 Å². The van der Waals surface area contributed by atoms with E-state index < -0.39 is 18.1 Å². The van der Waals surface area contributed by atoms with Gasteiger partial charge in [-0.15, -0.1) is 0 Å². The lowest BCUT2D eigenvalue weighted by atomic mass is 9.96. The van der Waals surface area contributed by atoms with Crippen LogP contribution in [-0.2, 0) is 4.79 Å². The molecule has 3 aromatic rings.